The molecule has 2 nitrogen and oxygen atoms in total. The van der Waals surface area contributed by atoms with Crippen LogP contribution in [0.3, 0.4) is 0 Å². The van der Waals surface area contributed by atoms with Crippen molar-refractivity contribution in [3.8, 4) is 0 Å². The van der Waals surface area contributed by atoms with Gasteiger partial charge < -0.3 is 10.2 Å². The summed E-state index contributed by atoms with van der Waals surface area (Å²) in [7, 11) is 0. The SMILES string of the molecule is C=C/C(=C\C=C/C)C1=CCC(O)(O)CC1. The monoisotopic (exact) mass is 206 g/mol. The third-order valence-corrected chi connectivity index (χ3v) is 2.53. The molecular formula is C13H18O2. The van der Waals surface area contributed by atoms with Gasteiger partial charge in [-0.1, -0.05) is 37.0 Å². The number of hydrogen-bond acceptors (Lipinski definition) is 2. The molecule has 82 valence electrons. The number of rotatable bonds is 3. The third kappa shape index (κ3) is 3.50. The zero-order chi connectivity index (χ0) is 11.3. The van der Waals surface area contributed by atoms with Crippen LogP contribution in [0.25, 0.3) is 0 Å². The van der Waals surface area contributed by atoms with E-state index in [0.717, 1.165) is 11.1 Å². The van der Waals surface area contributed by atoms with E-state index in [-0.39, 0.29) is 0 Å². The summed E-state index contributed by atoms with van der Waals surface area (Å²) >= 11 is 0. The predicted octanol–water partition coefficient (Wildman–Crippen LogP) is 2.47. The van der Waals surface area contributed by atoms with Crippen LogP contribution in [0.1, 0.15) is 26.2 Å². The van der Waals surface area contributed by atoms with Crippen LogP contribution in [0.15, 0.2) is 48.1 Å². The molecule has 15 heavy (non-hydrogen) atoms. The van der Waals surface area contributed by atoms with E-state index in [0.29, 0.717) is 19.3 Å². The van der Waals surface area contributed by atoms with Crippen LogP contribution in [0, 0.1) is 0 Å². The van der Waals surface area contributed by atoms with Gasteiger partial charge in [0.25, 0.3) is 0 Å². The van der Waals surface area contributed by atoms with Gasteiger partial charge in [-0.3, -0.25) is 0 Å². The van der Waals surface area contributed by atoms with Gasteiger partial charge in [0.2, 0.25) is 0 Å². The Bertz CT molecular complexity index is 319. The van der Waals surface area contributed by atoms with Crippen molar-refractivity contribution >= 4 is 0 Å². The van der Waals surface area contributed by atoms with Gasteiger partial charge in [0.1, 0.15) is 0 Å². The summed E-state index contributed by atoms with van der Waals surface area (Å²) in [4.78, 5) is 0. The van der Waals surface area contributed by atoms with Gasteiger partial charge in [-0.2, -0.15) is 0 Å². The Morgan fingerprint density at radius 3 is 2.73 bits per heavy atom. The molecule has 0 bridgehead atoms. The van der Waals surface area contributed by atoms with Gasteiger partial charge in [-0.15, -0.1) is 0 Å². The van der Waals surface area contributed by atoms with E-state index >= 15 is 0 Å². The molecule has 0 aromatic carbocycles. The average molecular weight is 206 g/mol. The standard InChI is InChI=1S/C13H18O2/c1-3-5-6-11(4-2)12-7-9-13(14,15)10-8-12/h3-7,14-15H,2,8-10H2,1H3/b5-3-,11-6+. The van der Waals surface area contributed by atoms with E-state index < -0.39 is 5.79 Å². The molecule has 0 aromatic rings. The van der Waals surface area contributed by atoms with Crippen molar-refractivity contribution in [3.05, 3.63) is 48.1 Å². The summed E-state index contributed by atoms with van der Waals surface area (Å²) in [5.74, 6) is -1.52. The molecule has 0 fully saturated rings. The summed E-state index contributed by atoms with van der Waals surface area (Å²) in [6, 6.07) is 0. The second-order valence-electron chi connectivity index (χ2n) is 3.77. The summed E-state index contributed by atoms with van der Waals surface area (Å²) in [6.45, 7) is 5.71. The highest BCUT2D eigenvalue weighted by atomic mass is 16.5. The zero-order valence-corrected chi connectivity index (χ0v) is 9.11. The Balaban J connectivity index is 2.80. The van der Waals surface area contributed by atoms with E-state index in [1.807, 2.05) is 31.2 Å². The van der Waals surface area contributed by atoms with Crippen molar-refractivity contribution < 1.29 is 10.2 Å². The highest BCUT2D eigenvalue weighted by Gasteiger charge is 2.26. The van der Waals surface area contributed by atoms with Crippen molar-refractivity contribution in [1.82, 2.24) is 0 Å². The second kappa shape index (κ2) is 5.10. The van der Waals surface area contributed by atoms with Crippen LogP contribution in [-0.4, -0.2) is 16.0 Å². The fraction of sp³-hybridized carbons (Fsp3) is 0.385. The molecule has 0 saturated heterocycles. The van der Waals surface area contributed by atoms with Gasteiger partial charge in [0, 0.05) is 12.8 Å². The first-order valence-corrected chi connectivity index (χ1v) is 5.18. The maximum absolute atomic E-state index is 9.37. The molecule has 0 unspecified atom stereocenters. The predicted molar refractivity (Wildman–Crippen MR) is 62.2 cm³/mol. The highest BCUT2D eigenvalue weighted by Crippen LogP contribution is 2.29. The minimum absolute atomic E-state index is 0.295. The van der Waals surface area contributed by atoms with Gasteiger partial charge >= 0.3 is 0 Å². The maximum Gasteiger partial charge on any atom is 0.166 e. The summed E-state index contributed by atoms with van der Waals surface area (Å²) in [6.07, 6.45) is 10.9. The van der Waals surface area contributed by atoms with Crippen molar-refractivity contribution in [2.75, 3.05) is 0 Å². The Labute approximate surface area is 90.9 Å². The quantitative estimate of drug-likeness (QED) is 0.550. The lowest BCUT2D eigenvalue weighted by Gasteiger charge is -2.26. The smallest absolute Gasteiger partial charge is 0.166 e. The zero-order valence-electron chi connectivity index (χ0n) is 9.11. The Morgan fingerprint density at radius 1 is 1.53 bits per heavy atom. The van der Waals surface area contributed by atoms with Gasteiger partial charge in [-0.05, 0) is 24.5 Å². The lowest BCUT2D eigenvalue weighted by molar-refractivity contribution is -0.164. The van der Waals surface area contributed by atoms with Crippen molar-refractivity contribution in [2.45, 2.75) is 32.0 Å². The highest BCUT2D eigenvalue weighted by molar-refractivity contribution is 5.42. The van der Waals surface area contributed by atoms with Crippen LogP contribution in [0.4, 0.5) is 0 Å². The molecule has 0 heterocycles. The summed E-state index contributed by atoms with van der Waals surface area (Å²) in [5, 5.41) is 18.7. The Hall–Kier alpha value is -1.12. The molecule has 0 radical (unpaired) electrons. The molecule has 2 N–H and O–H groups in total. The molecule has 0 aliphatic heterocycles. The fourth-order valence-electron chi connectivity index (χ4n) is 1.59. The molecule has 0 atom stereocenters. The minimum atomic E-state index is -1.52. The van der Waals surface area contributed by atoms with Crippen molar-refractivity contribution in [3.63, 3.8) is 0 Å². The van der Waals surface area contributed by atoms with Crippen molar-refractivity contribution in [2.24, 2.45) is 0 Å². The normalized spacial score (nSPS) is 21.5. The Kier molecular flexibility index (Phi) is 4.06. The van der Waals surface area contributed by atoms with E-state index in [9.17, 15) is 10.2 Å². The summed E-state index contributed by atoms with van der Waals surface area (Å²) < 4.78 is 0. The number of allylic oxidation sites excluding steroid dienone is 6. The molecule has 1 aliphatic rings. The summed E-state index contributed by atoms with van der Waals surface area (Å²) in [5.41, 5.74) is 2.20. The van der Waals surface area contributed by atoms with Crippen molar-refractivity contribution in [1.29, 1.82) is 0 Å². The number of hydrogen-bond donors (Lipinski definition) is 2. The average Bonchev–Trinajstić information content (AvgIpc) is 2.21. The molecule has 0 saturated carbocycles. The van der Waals surface area contributed by atoms with Gasteiger partial charge in [-0.25, -0.2) is 0 Å². The third-order valence-electron chi connectivity index (χ3n) is 2.53. The second-order valence-corrected chi connectivity index (χ2v) is 3.77. The Morgan fingerprint density at radius 2 is 2.27 bits per heavy atom. The first-order valence-electron chi connectivity index (χ1n) is 5.18. The van der Waals surface area contributed by atoms with Gasteiger partial charge in [0.15, 0.2) is 5.79 Å². The van der Waals surface area contributed by atoms with E-state index in [4.69, 9.17) is 0 Å². The van der Waals surface area contributed by atoms with Crippen LogP contribution in [-0.2, 0) is 0 Å². The molecule has 0 aromatic heterocycles. The van der Waals surface area contributed by atoms with Gasteiger partial charge in [0.05, 0.1) is 0 Å². The van der Waals surface area contributed by atoms with Crippen LogP contribution >= 0.6 is 0 Å². The maximum atomic E-state index is 9.37. The first kappa shape index (κ1) is 12.0. The topological polar surface area (TPSA) is 40.5 Å². The largest absolute Gasteiger partial charge is 0.365 e. The number of aliphatic hydroxyl groups is 2. The van der Waals surface area contributed by atoms with E-state index in [1.165, 1.54) is 0 Å². The van der Waals surface area contributed by atoms with Crippen LogP contribution < -0.4 is 0 Å². The molecule has 1 rings (SSSR count). The lowest BCUT2D eigenvalue weighted by atomic mass is 9.89. The molecule has 2 heteroatoms. The first-order chi connectivity index (χ1) is 7.09. The molecule has 1 aliphatic carbocycles. The van der Waals surface area contributed by atoms with E-state index in [2.05, 4.69) is 6.58 Å². The molecule has 0 spiro atoms. The van der Waals surface area contributed by atoms with Crippen LogP contribution in [0.5, 0.6) is 0 Å². The fourth-order valence-corrected chi connectivity index (χ4v) is 1.59. The molecule has 0 amide bonds. The van der Waals surface area contributed by atoms with E-state index in [1.54, 1.807) is 6.08 Å². The molecular weight excluding hydrogens is 188 g/mol. The minimum Gasteiger partial charge on any atom is -0.365 e. The lowest BCUT2D eigenvalue weighted by Crippen LogP contribution is -2.29. The van der Waals surface area contributed by atoms with Crippen LogP contribution in [0.2, 0.25) is 0 Å².